The molecule has 1 amide bonds. The topological polar surface area (TPSA) is 29.4 Å². The minimum atomic E-state index is -0.0528. The molecule has 0 fully saturated rings. The normalized spacial score (nSPS) is 14.4. The van der Waals surface area contributed by atoms with E-state index in [1.54, 1.807) is 6.08 Å². The first-order chi connectivity index (χ1) is 6.63. The number of rotatable bonds is 5. The number of hydrogen-bond donors (Lipinski definition) is 0. The van der Waals surface area contributed by atoms with Gasteiger partial charge in [0.25, 0.3) is 5.91 Å². The van der Waals surface area contributed by atoms with E-state index >= 15 is 0 Å². The van der Waals surface area contributed by atoms with Crippen molar-refractivity contribution in [1.29, 1.82) is 0 Å². The van der Waals surface area contributed by atoms with Crippen LogP contribution in [0, 0.1) is 0 Å². The van der Waals surface area contributed by atoms with Crippen LogP contribution in [-0.2, 0) is 15.5 Å². The van der Waals surface area contributed by atoms with Crippen molar-refractivity contribution in [3.63, 3.8) is 0 Å². The van der Waals surface area contributed by atoms with Crippen LogP contribution in [0.2, 0.25) is 0 Å². The summed E-state index contributed by atoms with van der Waals surface area (Å²) in [7, 11) is -0.0491. The molecule has 0 rings (SSSR count). The van der Waals surface area contributed by atoms with Gasteiger partial charge in [-0.05, 0) is 19.8 Å². The monoisotopic (exact) mass is 215 g/mol. The second-order valence-electron chi connectivity index (χ2n) is 3.23. The SMILES string of the molecule is CCCS(CC)=NC(=O)C=C(C)CC. The summed E-state index contributed by atoms with van der Waals surface area (Å²) < 4.78 is 4.19. The summed E-state index contributed by atoms with van der Waals surface area (Å²) in [6.07, 6.45) is 3.68. The molecular formula is C11H21NOS. The molecule has 0 radical (unpaired) electrons. The fraction of sp³-hybridized carbons (Fsp3) is 0.727. The van der Waals surface area contributed by atoms with Gasteiger partial charge in [-0.25, -0.2) is 0 Å². The summed E-state index contributed by atoms with van der Waals surface area (Å²) in [6, 6.07) is 0. The van der Waals surface area contributed by atoms with Gasteiger partial charge in [0, 0.05) is 17.6 Å². The summed E-state index contributed by atoms with van der Waals surface area (Å²) in [6.45, 7) is 8.23. The van der Waals surface area contributed by atoms with Gasteiger partial charge in [0.15, 0.2) is 0 Å². The van der Waals surface area contributed by atoms with E-state index in [0.717, 1.165) is 29.9 Å². The van der Waals surface area contributed by atoms with Crippen LogP contribution in [0.4, 0.5) is 0 Å². The molecule has 0 aliphatic carbocycles. The van der Waals surface area contributed by atoms with E-state index in [-0.39, 0.29) is 16.6 Å². The van der Waals surface area contributed by atoms with Crippen molar-refractivity contribution in [3.8, 4) is 0 Å². The Hall–Kier alpha value is -0.440. The highest BCUT2D eigenvalue weighted by molar-refractivity contribution is 7.87. The third-order valence-electron chi connectivity index (χ3n) is 1.92. The fourth-order valence-electron chi connectivity index (χ4n) is 0.957. The van der Waals surface area contributed by atoms with E-state index in [0.29, 0.717) is 0 Å². The third kappa shape index (κ3) is 6.08. The van der Waals surface area contributed by atoms with Crippen molar-refractivity contribution in [2.24, 2.45) is 4.36 Å². The average Bonchev–Trinajstić information content (AvgIpc) is 2.16. The zero-order valence-electron chi connectivity index (χ0n) is 9.67. The Labute approximate surface area is 89.9 Å². The van der Waals surface area contributed by atoms with Gasteiger partial charge in [-0.2, -0.15) is 4.36 Å². The molecule has 14 heavy (non-hydrogen) atoms. The van der Waals surface area contributed by atoms with Crippen LogP contribution in [0.25, 0.3) is 0 Å². The molecule has 1 unspecified atom stereocenters. The second-order valence-corrected chi connectivity index (χ2v) is 5.32. The molecule has 2 nitrogen and oxygen atoms in total. The highest BCUT2D eigenvalue weighted by atomic mass is 32.2. The van der Waals surface area contributed by atoms with Crippen molar-refractivity contribution < 1.29 is 4.79 Å². The standard InChI is InChI=1S/C11H21NOS/c1-5-8-14(7-3)12-11(13)9-10(4)6-2/h9H,5-8H2,1-4H3. The summed E-state index contributed by atoms with van der Waals surface area (Å²) in [4.78, 5) is 11.4. The van der Waals surface area contributed by atoms with Crippen LogP contribution >= 0.6 is 0 Å². The van der Waals surface area contributed by atoms with E-state index in [4.69, 9.17) is 0 Å². The zero-order valence-corrected chi connectivity index (χ0v) is 10.5. The van der Waals surface area contributed by atoms with Crippen LogP contribution < -0.4 is 0 Å². The van der Waals surface area contributed by atoms with Gasteiger partial charge < -0.3 is 0 Å². The van der Waals surface area contributed by atoms with Gasteiger partial charge in [0.2, 0.25) is 0 Å². The maximum atomic E-state index is 11.4. The molecule has 0 aliphatic heterocycles. The van der Waals surface area contributed by atoms with Crippen molar-refractivity contribution >= 4 is 16.6 Å². The Morgan fingerprint density at radius 3 is 2.43 bits per heavy atom. The average molecular weight is 215 g/mol. The molecule has 3 heteroatoms. The van der Waals surface area contributed by atoms with Crippen LogP contribution in [-0.4, -0.2) is 17.4 Å². The summed E-state index contributed by atoms with van der Waals surface area (Å²) in [5, 5.41) is 0. The fourth-order valence-corrected chi connectivity index (χ4v) is 2.24. The quantitative estimate of drug-likeness (QED) is 0.648. The lowest BCUT2D eigenvalue weighted by molar-refractivity contribution is -0.113. The number of carbonyl (C=O) groups excluding carboxylic acids is 1. The van der Waals surface area contributed by atoms with E-state index < -0.39 is 0 Å². The van der Waals surface area contributed by atoms with E-state index in [2.05, 4.69) is 18.2 Å². The van der Waals surface area contributed by atoms with Gasteiger partial charge in [-0.3, -0.25) is 4.79 Å². The van der Waals surface area contributed by atoms with Crippen molar-refractivity contribution in [1.82, 2.24) is 0 Å². The van der Waals surface area contributed by atoms with Gasteiger partial charge in [-0.15, -0.1) is 0 Å². The smallest absolute Gasteiger partial charge is 0.267 e. The number of allylic oxidation sites excluding steroid dienone is 1. The first kappa shape index (κ1) is 13.6. The van der Waals surface area contributed by atoms with E-state index in [1.807, 2.05) is 13.8 Å². The highest BCUT2D eigenvalue weighted by Crippen LogP contribution is 2.00. The molecular weight excluding hydrogens is 194 g/mol. The molecule has 0 heterocycles. The zero-order chi connectivity index (χ0) is 11.0. The summed E-state index contributed by atoms with van der Waals surface area (Å²) in [5.41, 5.74) is 1.11. The van der Waals surface area contributed by atoms with Gasteiger partial charge in [0.05, 0.1) is 0 Å². The highest BCUT2D eigenvalue weighted by Gasteiger charge is 1.97. The molecule has 0 N–H and O–H groups in total. The van der Waals surface area contributed by atoms with Crippen molar-refractivity contribution in [3.05, 3.63) is 11.6 Å². The summed E-state index contributed by atoms with van der Waals surface area (Å²) in [5.74, 6) is 1.97. The van der Waals surface area contributed by atoms with Crippen molar-refractivity contribution in [2.45, 2.75) is 40.5 Å². The Morgan fingerprint density at radius 1 is 1.36 bits per heavy atom. The maximum Gasteiger partial charge on any atom is 0.275 e. The molecule has 0 saturated heterocycles. The Balaban J connectivity index is 4.39. The van der Waals surface area contributed by atoms with Crippen LogP contribution in [0.5, 0.6) is 0 Å². The van der Waals surface area contributed by atoms with Crippen LogP contribution in [0.3, 0.4) is 0 Å². The minimum Gasteiger partial charge on any atom is -0.267 e. The van der Waals surface area contributed by atoms with Crippen LogP contribution in [0.15, 0.2) is 16.0 Å². The molecule has 1 atom stereocenters. The maximum absolute atomic E-state index is 11.4. The first-order valence-corrected chi connectivity index (χ1v) is 6.76. The predicted molar refractivity (Wildman–Crippen MR) is 64.5 cm³/mol. The molecule has 0 aromatic rings. The lowest BCUT2D eigenvalue weighted by Crippen LogP contribution is -2.02. The van der Waals surface area contributed by atoms with Gasteiger partial charge in [-0.1, -0.05) is 37.0 Å². The number of amides is 1. The number of hydrogen-bond acceptors (Lipinski definition) is 1. The molecule has 82 valence electrons. The molecule has 0 aliphatic rings. The molecule has 0 aromatic heterocycles. The lowest BCUT2D eigenvalue weighted by atomic mass is 10.2. The van der Waals surface area contributed by atoms with Gasteiger partial charge in [0.1, 0.15) is 0 Å². The summed E-state index contributed by atoms with van der Waals surface area (Å²) >= 11 is 0. The van der Waals surface area contributed by atoms with Gasteiger partial charge >= 0.3 is 0 Å². The van der Waals surface area contributed by atoms with E-state index in [9.17, 15) is 4.79 Å². The van der Waals surface area contributed by atoms with Crippen molar-refractivity contribution in [2.75, 3.05) is 11.5 Å². The Morgan fingerprint density at radius 2 is 2.00 bits per heavy atom. The van der Waals surface area contributed by atoms with Crippen LogP contribution in [0.1, 0.15) is 40.5 Å². The predicted octanol–water partition coefficient (Wildman–Crippen LogP) is 3.10. The minimum absolute atomic E-state index is 0.0491. The van der Waals surface area contributed by atoms with E-state index in [1.165, 1.54) is 0 Å². The Kier molecular flexibility index (Phi) is 7.67. The largest absolute Gasteiger partial charge is 0.275 e. The molecule has 0 bridgehead atoms. The second kappa shape index (κ2) is 7.92. The first-order valence-electron chi connectivity index (χ1n) is 5.24. The molecule has 0 spiro atoms. The Bertz CT molecular complexity index is 244. The molecule has 0 aromatic carbocycles. The lowest BCUT2D eigenvalue weighted by Gasteiger charge is -2.01. The number of nitrogens with zero attached hydrogens (tertiary/aromatic N) is 1. The number of carbonyl (C=O) groups is 1. The molecule has 0 saturated carbocycles. The third-order valence-corrected chi connectivity index (χ3v) is 3.90.